The van der Waals surface area contributed by atoms with Crippen LogP contribution in [-0.4, -0.2) is 52.9 Å². The van der Waals surface area contributed by atoms with Crippen LogP contribution in [0.3, 0.4) is 0 Å². The average Bonchev–Trinajstić information content (AvgIpc) is 2.28. The van der Waals surface area contributed by atoms with E-state index in [9.17, 15) is 9.59 Å². The van der Waals surface area contributed by atoms with Crippen molar-refractivity contribution >= 4 is 12.0 Å². The second-order valence-electron chi connectivity index (χ2n) is 3.84. The van der Waals surface area contributed by atoms with Crippen LogP contribution in [0.2, 0.25) is 0 Å². The fraction of sp³-hybridized carbons (Fsp3) is 0.818. The van der Waals surface area contributed by atoms with Crippen LogP contribution in [0, 0.1) is 0 Å². The van der Waals surface area contributed by atoms with Crippen molar-refractivity contribution in [3.8, 4) is 0 Å². The first-order valence-corrected chi connectivity index (χ1v) is 5.95. The summed E-state index contributed by atoms with van der Waals surface area (Å²) in [6.45, 7) is 4.85. The van der Waals surface area contributed by atoms with Crippen molar-refractivity contribution in [2.24, 2.45) is 0 Å². The van der Waals surface area contributed by atoms with E-state index in [-0.39, 0.29) is 19.1 Å². The zero-order valence-corrected chi connectivity index (χ0v) is 10.5. The number of carbonyl (C=O) groups excluding carboxylic acids is 1. The van der Waals surface area contributed by atoms with E-state index in [2.05, 4.69) is 5.32 Å². The van der Waals surface area contributed by atoms with Crippen molar-refractivity contribution < 1.29 is 19.8 Å². The molecule has 0 saturated heterocycles. The van der Waals surface area contributed by atoms with Gasteiger partial charge in [-0.25, -0.2) is 9.59 Å². The molecule has 0 aliphatic heterocycles. The van der Waals surface area contributed by atoms with Crippen molar-refractivity contribution in [2.45, 2.75) is 39.2 Å². The molecule has 6 nitrogen and oxygen atoms in total. The van der Waals surface area contributed by atoms with Crippen molar-refractivity contribution in [2.75, 3.05) is 19.7 Å². The number of aliphatic hydroxyl groups is 1. The van der Waals surface area contributed by atoms with Gasteiger partial charge in [-0.2, -0.15) is 0 Å². The van der Waals surface area contributed by atoms with Gasteiger partial charge in [-0.3, -0.25) is 0 Å². The summed E-state index contributed by atoms with van der Waals surface area (Å²) in [7, 11) is 0. The van der Waals surface area contributed by atoms with E-state index in [1.165, 1.54) is 0 Å². The Labute approximate surface area is 102 Å². The molecule has 0 radical (unpaired) electrons. The van der Waals surface area contributed by atoms with Gasteiger partial charge in [0.1, 0.15) is 6.04 Å². The molecule has 0 spiro atoms. The third-order valence-corrected chi connectivity index (χ3v) is 2.29. The van der Waals surface area contributed by atoms with Crippen LogP contribution in [0.4, 0.5) is 4.79 Å². The molecule has 0 aromatic heterocycles. The molecule has 0 aromatic carbocycles. The highest BCUT2D eigenvalue weighted by Gasteiger charge is 2.21. The van der Waals surface area contributed by atoms with Gasteiger partial charge in [0.15, 0.2) is 0 Å². The Morgan fingerprint density at radius 2 is 1.76 bits per heavy atom. The molecule has 100 valence electrons. The van der Waals surface area contributed by atoms with Gasteiger partial charge >= 0.3 is 12.0 Å². The summed E-state index contributed by atoms with van der Waals surface area (Å²) in [6, 6.07) is -1.40. The molecule has 1 atom stereocenters. The predicted octanol–water partition coefficient (Wildman–Crippen LogP) is 0.654. The molecule has 0 bridgehead atoms. The summed E-state index contributed by atoms with van der Waals surface area (Å²) in [5.74, 6) is -1.12. The molecule has 0 saturated carbocycles. The first kappa shape index (κ1) is 15.7. The second-order valence-corrected chi connectivity index (χ2v) is 3.84. The van der Waals surface area contributed by atoms with Crippen LogP contribution in [0.1, 0.15) is 33.1 Å². The molecule has 3 N–H and O–H groups in total. The maximum absolute atomic E-state index is 11.8. The third kappa shape index (κ3) is 6.11. The molecule has 0 aromatic rings. The van der Waals surface area contributed by atoms with Gasteiger partial charge in [-0.1, -0.05) is 13.8 Å². The Kier molecular flexibility index (Phi) is 8.13. The van der Waals surface area contributed by atoms with Crippen LogP contribution >= 0.6 is 0 Å². The lowest BCUT2D eigenvalue weighted by molar-refractivity contribution is -0.139. The molecule has 0 unspecified atom stereocenters. The average molecular weight is 246 g/mol. The second kappa shape index (κ2) is 8.81. The standard InChI is InChI=1S/C11H22N2O4/c1-3-6-13(7-4-2)11(17)12-9(5-8-14)10(15)16/h9,14H,3-8H2,1-2H3,(H,12,17)(H,15,16)/t9-/m0/s1. The number of nitrogens with zero attached hydrogens (tertiary/aromatic N) is 1. The fourth-order valence-corrected chi connectivity index (χ4v) is 1.48. The first-order chi connectivity index (χ1) is 8.06. The number of aliphatic hydroxyl groups excluding tert-OH is 1. The minimum Gasteiger partial charge on any atom is -0.480 e. The molecule has 2 amide bonds. The Morgan fingerprint density at radius 3 is 2.12 bits per heavy atom. The fourth-order valence-electron chi connectivity index (χ4n) is 1.48. The number of rotatable bonds is 8. The van der Waals surface area contributed by atoms with Crippen LogP contribution in [-0.2, 0) is 4.79 Å². The van der Waals surface area contributed by atoms with E-state index in [4.69, 9.17) is 10.2 Å². The predicted molar refractivity (Wildman–Crippen MR) is 63.8 cm³/mol. The highest BCUT2D eigenvalue weighted by molar-refractivity contribution is 5.82. The minimum atomic E-state index is -1.12. The number of carboxylic acids is 1. The maximum Gasteiger partial charge on any atom is 0.326 e. The van der Waals surface area contributed by atoms with Crippen molar-refractivity contribution in [3.05, 3.63) is 0 Å². The Balaban J connectivity index is 4.38. The summed E-state index contributed by atoms with van der Waals surface area (Å²) in [5, 5.41) is 20.0. The first-order valence-electron chi connectivity index (χ1n) is 5.95. The minimum absolute atomic E-state index is 0.0210. The largest absolute Gasteiger partial charge is 0.480 e. The molecule has 0 aliphatic rings. The van der Waals surface area contributed by atoms with Crippen LogP contribution in [0.5, 0.6) is 0 Å². The molecule has 0 fully saturated rings. The highest BCUT2D eigenvalue weighted by atomic mass is 16.4. The maximum atomic E-state index is 11.8. The number of amides is 2. The van der Waals surface area contributed by atoms with Crippen molar-refractivity contribution in [3.63, 3.8) is 0 Å². The smallest absolute Gasteiger partial charge is 0.326 e. The van der Waals surface area contributed by atoms with Gasteiger partial charge in [0, 0.05) is 26.1 Å². The zero-order valence-electron chi connectivity index (χ0n) is 10.5. The van der Waals surface area contributed by atoms with Crippen LogP contribution in [0.15, 0.2) is 0 Å². The van der Waals surface area contributed by atoms with Crippen LogP contribution < -0.4 is 5.32 Å². The lowest BCUT2D eigenvalue weighted by atomic mass is 10.2. The molecule has 0 rings (SSSR count). The number of hydrogen-bond acceptors (Lipinski definition) is 3. The quantitative estimate of drug-likeness (QED) is 0.586. The SMILES string of the molecule is CCCN(CCC)C(=O)N[C@@H](CCO)C(=O)O. The van der Waals surface area contributed by atoms with E-state index in [1.807, 2.05) is 13.8 Å². The number of hydrogen-bond donors (Lipinski definition) is 3. The van der Waals surface area contributed by atoms with E-state index in [0.29, 0.717) is 13.1 Å². The number of carbonyl (C=O) groups is 2. The number of carboxylic acid groups (broad SMARTS) is 1. The van der Waals surface area contributed by atoms with Gasteiger partial charge in [0.2, 0.25) is 0 Å². The number of nitrogens with one attached hydrogen (secondary N) is 1. The summed E-state index contributed by atoms with van der Waals surface area (Å²) in [4.78, 5) is 24.2. The summed E-state index contributed by atoms with van der Waals surface area (Å²) in [5.41, 5.74) is 0. The molecule has 0 aliphatic carbocycles. The summed E-state index contributed by atoms with van der Waals surface area (Å²) in [6.07, 6.45) is 1.67. The van der Waals surface area contributed by atoms with E-state index in [1.54, 1.807) is 4.90 Å². The lowest BCUT2D eigenvalue weighted by Crippen LogP contribution is -2.48. The summed E-state index contributed by atoms with van der Waals surface area (Å²) >= 11 is 0. The van der Waals surface area contributed by atoms with Gasteiger partial charge in [0.25, 0.3) is 0 Å². The molecule has 17 heavy (non-hydrogen) atoms. The third-order valence-electron chi connectivity index (χ3n) is 2.29. The van der Waals surface area contributed by atoms with Gasteiger partial charge in [0.05, 0.1) is 0 Å². The number of aliphatic carboxylic acids is 1. The van der Waals surface area contributed by atoms with Gasteiger partial charge < -0.3 is 20.4 Å². The van der Waals surface area contributed by atoms with Crippen molar-refractivity contribution in [1.82, 2.24) is 10.2 Å². The molecular weight excluding hydrogens is 224 g/mol. The van der Waals surface area contributed by atoms with Gasteiger partial charge in [-0.05, 0) is 12.8 Å². The molecular formula is C11H22N2O4. The highest BCUT2D eigenvalue weighted by Crippen LogP contribution is 1.98. The zero-order chi connectivity index (χ0) is 13.3. The van der Waals surface area contributed by atoms with E-state index >= 15 is 0 Å². The van der Waals surface area contributed by atoms with Gasteiger partial charge in [-0.15, -0.1) is 0 Å². The van der Waals surface area contributed by atoms with Crippen LogP contribution in [0.25, 0.3) is 0 Å². The Morgan fingerprint density at radius 1 is 1.24 bits per heavy atom. The van der Waals surface area contributed by atoms with E-state index < -0.39 is 12.0 Å². The van der Waals surface area contributed by atoms with E-state index in [0.717, 1.165) is 12.8 Å². The summed E-state index contributed by atoms with van der Waals surface area (Å²) < 4.78 is 0. The number of urea groups is 1. The monoisotopic (exact) mass is 246 g/mol. The Hall–Kier alpha value is -1.30. The lowest BCUT2D eigenvalue weighted by Gasteiger charge is -2.24. The van der Waals surface area contributed by atoms with Crippen molar-refractivity contribution in [1.29, 1.82) is 0 Å². The normalized spacial score (nSPS) is 11.9. The molecule has 6 heteroatoms. The Bertz CT molecular complexity index is 240. The topological polar surface area (TPSA) is 89.9 Å². The molecule has 0 heterocycles.